The first-order chi connectivity index (χ1) is 16.0. The Morgan fingerprint density at radius 2 is 1.94 bits per heavy atom. The highest BCUT2D eigenvalue weighted by Crippen LogP contribution is 2.43. The summed E-state index contributed by atoms with van der Waals surface area (Å²) in [7, 11) is -2.26. The highest BCUT2D eigenvalue weighted by Gasteiger charge is 2.50. The molecular weight excluding hydrogens is 469 g/mol. The largest absolute Gasteiger partial charge is 0.444 e. The first kappa shape index (κ1) is 27.1. The van der Waals surface area contributed by atoms with E-state index in [-0.39, 0.29) is 9.96 Å². The Hall–Kier alpha value is -2.46. The van der Waals surface area contributed by atoms with Crippen molar-refractivity contribution in [2.24, 2.45) is 0 Å². The first-order valence-electron chi connectivity index (χ1n) is 12.1. The molecule has 0 unspecified atom stereocenters. The molecular formula is C25H38FN3O5Si. The van der Waals surface area contributed by atoms with Crippen LogP contribution in [0.25, 0.3) is 10.9 Å². The minimum atomic E-state index is -2.26. The number of carbonyl (C=O) groups is 1. The number of aromatic nitrogens is 1. The van der Waals surface area contributed by atoms with Crippen molar-refractivity contribution in [3.8, 4) is 0 Å². The highest BCUT2D eigenvalue weighted by atomic mass is 28.4. The summed E-state index contributed by atoms with van der Waals surface area (Å²) in [6, 6.07) is 3.73. The van der Waals surface area contributed by atoms with Gasteiger partial charge in [-0.05, 0) is 69.1 Å². The van der Waals surface area contributed by atoms with Crippen LogP contribution in [0.15, 0.2) is 24.4 Å². The molecule has 0 spiro atoms. The lowest BCUT2D eigenvalue weighted by atomic mass is 9.88. The molecule has 1 aliphatic rings. The number of benzene rings is 1. The number of halogens is 1. The summed E-state index contributed by atoms with van der Waals surface area (Å²) in [6.07, 6.45) is 1.34. The third-order valence-electron chi connectivity index (χ3n) is 7.11. The van der Waals surface area contributed by atoms with Crippen molar-refractivity contribution < 1.29 is 23.3 Å². The number of H-pyrrole nitrogens is 1. The van der Waals surface area contributed by atoms with Gasteiger partial charge in [0.05, 0.1) is 18.1 Å². The molecule has 0 bridgehead atoms. The fraction of sp³-hybridized carbons (Fsp3) is 0.640. The summed E-state index contributed by atoms with van der Waals surface area (Å²) in [5.74, 6) is -1.07. The molecule has 1 aliphatic heterocycles. The molecule has 2 heterocycles. The van der Waals surface area contributed by atoms with Crippen molar-refractivity contribution in [2.45, 2.75) is 89.8 Å². The van der Waals surface area contributed by atoms with Gasteiger partial charge in [-0.2, -0.15) is 0 Å². The van der Waals surface area contributed by atoms with Gasteiger partial charge in [0.1, 0.15) is 11.4 Å². The zero-order valence-electron chi connectivity index (χ0n) is 22.0. The maximum absolute atomic E-state index is 13.8. The van der Waals surface area contributed by atoms with Crippen LogP contribution in [0.5, 0.6) is 0 Å². The standard InChI is InChI=1S/C25H38FN3O5Si/c1-24(2,3)33-23(30)28-12-11-21(34-35(7,8)25(4,5)6)22(28)19(15-29(31)32)18-14-27-20-13-16(26)9-10-17(18)20/h9-10,13-14,19,21-22,27H,11-12,15H2,1-8H3/t19-,21-,22+/m0/s1. The number of hydrogen-bond acceptors (Lipinski definition) is 5. The summed E-state index contributed by atoms with van der Waals surface area (Å²) in [5.41, 5.74) is 0.509. The fourth-order valence-electron chi connectivity index (χ4n) is 4.46. The van der Waals surface area contributed by atoms with Crippen LogP contribution in [0.3, 0.4) is 0 Å². The van der Waals surface area contributed by atoms with Gasteiger partial charge in [0, 0.05) is 28.6 Å². The number of ether oxygens (including phenoxy) is 1. The summed E-state index contributed by atoms with van der Waals surface area (Å²) < 4.78 is 26.3. The molecule has 35 heavy (non-hydrogen) atoms. The second kappa shape index (κ2) is 9.53. The van der Waals surface area contributed by atoms with Gasteiger partial charge in [0.15, 0.2) is 8.32 Å². The topological polar surface area (TPSA) is 97.7 Å². The molecule has 10 heteroatoms. The highest BCUT2D eigenvalue weighted by molar-refractivity contribution is 6.74. The zero-order valence-corrected chi connectivity index (χ0v) is 23.0. The number of nitrogens with zero attached hydrogens (tertiary/aromatic N) is 2. The molecule has 1 saturated heterocycles. The number of nitrogens with one attached hydrogen (secondary N) is 1. The number of likely N-dealkylation sites (tertiary alicyclic amines) is 1. The molecule has 3 rings (SSSR count). The van der Waals surface area contributed by atoms with Crippen molar-refractivity contribution in [2.75, 3.05) is 13.1 Å². The van der Waals surface area contributed by atoms with Gasteiger partial charge < -0.3 is 19.0 Å². The average Bonchev–Trinajstić information content (AvgIpc) is 3.27. The number of carbonyl (C=O) groups excluding carboxylic acids is 1. The normalized spacial score (nSPS) is 20.3. The molecule has 0 aliphatic carbocycles. The zero-order chi connectivity index (χ0) is 26.3. The van der Waals surface area contributed by atoms with E-state index in [1.54, 1.807) is 37.9 Å². The van der Waals surface area contributed by atoms with E-state index < -0.39 is 50.4 Å². The number of rotatable bonds is 6. The Labute approximate surface area is 207 Å². The lowest BCUT2D eigenvalue weighted by Gasteiger charge is -2.41. The molecule has 1 aromatic carbocycles. The van der Waals surface area contributed by atoms with E-state index in [0.717, 1.165) is 0 Å². The number of amides is 1. The molecule has 1 aromatic heterocycles. The van der Waals surface area contributed by atoms with E-state index in [0.29, 0.717) is 29.4 Å². The lowest BCUT2D eigenvalue weighted by molar-refractivity contribution is -0.484. The number of aromatic amines is 1. The van der Waals surface area contributed by atoms with Gasteiger partial charge >= 0.3 is 6.09 Å². The van der Waals surface area contributed by atoms with Crippen molar-refractivity contribution in [1.29, 1.82) is 0 Å². The molecule has 194 valence electrons. The minimum Gasteiger partial charge on any atom is -0.444 e. The Balaban J connectivity index is 2.11. The van der Waals surface area contributed by atoms with Crippen LogP contribution in [-0.2, 0) is 9.16 Å². The van der Waals surface area contributed by atoms with Gasteiger partial charge in [0.25, 0.3) is 0 Å². The maximum atomic E-state index is 13.8. The quantitative estimate of drug-likeness (QED) is 0.291. The van der Waals surface area contributed by atoms with E-state index >= 15 is 0 Å². The van der Waals surface area contributed by atoms with E-state index in [1.807, 2.05) is 0 Å². The second-order valence-corrected chi connectivity index (χ2v) is 16.7. The first-order valence-corrected chi connectivity index (χ1v) is 15.0. The smallest absolute Gasteiger partial charge is 0.410 e. The van der Waals surface area contributed by atoms with Gasteiger partial charge in [-0.3, -0.25) is 10.1 Å². The fourth-order valence-corrected chi connectivity index (χ4v) is 5.83. The van der Waals surface area contributed by atoms with E-state index in [9.17, 15) is 19.3 Å². The van der Waals surface area contributed by atoms with Gasteiger partial charge in [-0.25, -0.2) is 9.18 Å². The van der Waals surface area contributed by atoms with Crippen molar-refractivity contribution in [3.05, 3.63) is 45.9 Å². The van der Waals surface area contributed by atoms with Crippen molar-refractivity contribution >= 4 is 25.3 Å². The molecule has 3 atom stereocenters. The van der Waals surface area contributed by atoms with E-state index in [2.05, 4.69) is 38.8 Å². The number of fused-ring (bicyclic) bond motifs is 1. The molecule has 0 radical (unpaired) electrons. The van der Waals surface area contributed by atoms with Crippen LogP contribution in [0.1, 0.15) is 59.4 Å². The second-order valence-electron chi connectivity index (χ2n) is 11.9. The molecule has 1 amide bonds. The van der Waals surface area contributed by atoms with Crippen LogP contribution in [-0.4, -0.2) is 60.1 Å². The van der Waals surface area contributed by atoms with Gasteiger partial charge in [-0.1, -0.05) is 20.8 Å². The summed E-state index contributed by atoms with van der Waals surface area (Å²) in [6.45, 7) is 16.0. The van der Waals surface area contributed by atoms with Crippen LogP contribution >= 0.6 is 0 Å². The summed E-state index contributed by atoms with van der Waals surface area (Å²) in [4.78, 5) is 29.4. The van der Waals surface area contributed by atoms with E-state index in [1.165, 1.54) is 12.1 Å². The molecule has 1 fully saturated rings. The Bertz CT molecular complexity index is 1090. The molecule has 0 saturated carbocycles. The monoisotopic (exact) mass is 507 g/mol. The number of hydrogen-bond donors (Lipinski definition) is 1. The molecule has 2 aromatic rings. The third-order valence-corrected chi connectivity index (χ3v) is 11.6. The van der Waals surface area contributed by atoms with Crippen LogP contribution < -0.4 is 0 Å². The molecule has 1 N–H and O–H groups in total. The van der Waals surface area contributed by atoms with Gasteiger partial charge in [-0.15, -0.1) is 0 Å². The summed E-state index contributed by atoms with van der Waals surface area (Å²) in [5, 5.41) is 12.5. The van der Waals surface area contributed by atoms with Crippen LogP contribution in [0, 0.1) is 15.9 Å². The average molecular weight is 508 g/mol. The SMILES string of the molecule is CC(C)(C)OC(=O)N1CC[C@H](O[Si](C)(C)C(C)(C)C)[C@H]1[C@@H](C[N+](=O)[O-])c1c[nH]c2cc(F)ccc12. The Kier molecular flexibility index (Phi) is 7.39. The predicted octanol–water partition coefficient (Wildman–Crippen LogP) is 6.07. The van der Waals surface area contributed by atoms with E-state index in [4.69, 9.17) is 9.16 Å². The van der Waals surface area contributed by atoms with Crippen LogP contribution in [0.2, 0.25) is 18.1 Å². The lowest BCUT2D eigenvalue weighted by Crippen LogP contribution is -2.52. The third kappa shape index (κ3) is 6.03. The minimum absolute atomic E-state index is 0.0756. The number of nitro groups is 1. The Morgan fingerprint density at radius 3 is 2.51 bits per heavy atom. The Morgan fingerprint density at radius 1 is 1.29 bits per heavy atom. The van der Waals surface area contributed by atoms with Crippen molar-refractivity contribution in [3.63, 3.8) is 0 Å². The van der Waals surface area contributed by atoms with Gasteiger partial charge in [0.2, 0.25) is 6.54 Å². The maximum Gasteiger partial charge on any atom is 0.410 e. The predicted molar refractivity (Wildman–Crippen MR) is 136 cm³/mol. The van der Waals surface area contributed by atoms with Crippen molar-refractivity contribution in [1.82, 2.24) is 9.88 Å². The molecule has 8 nitrogen and oxygen atoms in total. The summed E-state index contributed by atoms with van der Waals surface area (Å²) >= 11 is 0. The van der Waals surface area contributed by atoms with Crippen LogP contribution in [0.4, 0.5) is 9.18 Å².